The molecule has 0 bridgehead atoms. The molecular weight excluding hydrogens is 663 g/mol. The minimum absolute atomic E-state index is 0.0285. The van der Waals surface area contributed by atoms with E-state index in [0.717, 1.165) is 25.7 Å². The highest BCUT2D eigenvalue weighted by atomic mass is 16.3. The van der Waals surface area contributed by atoms with E-state index in [1.54, 1.807) is 0 Å². The molecule has 4 heteroatoms. The van der Waals surface area contributed by atoms with Gasteiger partial charge in [0.25, 0.3) is 0 Å². The normalized spacial score (nSPS) is 12.9. The monoisotopic (exact) mass is 762 g/mol. The fourth-order valence-electron chi connectivity index (χ4n) is 7.95. The molecule has 4 nitrogen and oxygen atoms in total. The summed E-state index contributed by atoms with van der Waals surface area (Å²) >= 11 is 0. The summed E-state index contributed by atoms with van der Waals surface area (Å²) in [5.74, 6) is -0.0285. The van der Waals surface area contributed by atoms with Gasteiger partial charge in [0.1, 0.15) is 0 Å². The average Bonchev–Trinajstić information content (AvgIpc) is 3.18. The minimum atomic E-state index is -0.656. The van der Waals surface area contributed by atoms with Crippen molar-refractivity contribution in [3.63, 3.8) is 0 Å². The van der Waals surface area contributed by atoms with Gasteiger partial charge >= 0.3 is 0 Å². The van der Waals surface area contributed by atoms with Crippen LogP contribution in [0.3, 0.4) is 0 Å². The molecule has 2 unspecified atom stereocenters. The number of carbonyl (C=O) groups excluding carboxylic acids is 1. The molecule has 1 amide bonds. The molecule has 0 spiro atoms. The third-order valence-electron chi connectivity index (χ3n) is 11.8. The zero-order chi connectivity index (χ0) is 39.3. The summed E-state index contributed by atoms with van der Waals surface area (Å²) in [7, 11) is 0. The van der Waals surface area contributed by atoms with Gasteiger partial charge in [0.15, 0.2) is 0 Å². The predicted molar refractivity (Wildman–Crippen MR) is 239 cm³/mol. The Morgan fingerprint density at radius 2 is 0.704 bits per heavy atom. The fourth-order valence-corrected chi connectivity index (χ4v) is 7.95. The number of hydrogen-bond acceptors (Lipinski definition) is 3. The molecule has 0 aromatic carbocycles. The lowest BCUT2D eigenvalue weighted by molar-refractivity contribution is -0.123. The lowest BCUT2D eigenvalue weighted by Gasteiger charge is -2.22. The molecule has 3 N–H and O–H groups in total. The first-order valence-corrected chi connectivity index (χ1v) is 24.9. The number of amides is 1. The van der Waals surface area contributed by atoms with Crippen LogP contribution in [0.15, 0.2) is 12.2 Å². The molecule has 322 valence electrons. The molecule has 0 aromatic heterocycles. The second kappa shape index (κ2) is 46.5. The van der Waals surface area contributed by atoms with Crippen LogP contribution in [0.1, 0.15) is 284 Å². The van der Waals surface area contributed by atoms with Gasteiger partial charge in [-0.2, -0.15) is 0 Å². The maximum atomic E-state index is 12.4. The van der Waals surface area contributed by atoms with Crippen LogP contribution in [0.2, 0.25) is 0 Å². The van der Waals surface area contributed by atoms with Crippen LogP contribution in [-0.4, -0.2) is 34.9 Å². The number of allylic oxidation sites excluding steroid dienone is 2. The summed E-state index contributed by atoms with van der Waals surface area (Å²) in [4.78, 5) is 12.4. The van der Waals surface area contributed by atoms with E-state index in [4.69, 9.17) is 0 Å². The standard InChI is InChI=1S/C50H99NO3/c1-3-5-7-9-11-13-15-17-19-21-22-23-24-25-26-27-28-29-30-32-34-36-38-40-42-44-46-50(54)51-48(47-52)49(53)45-43-41-39-37-35-33-31-20-18-16-14-12-10-8-6-4-2/h25-26,48-49,52-53H,3-24,27-47H2,1-2H3,(H,51,54)/b26-25-. The summed E-state index contributed by atoms with van der Waals surface area (Å²) in [6, 6.07) is -0.533. The summed E-state index contributed by atoms with van der Waals surface area (Å²) in [5, 5.41) is 23.2. The Balaban J connectivity index is 3.45. The van der Waals surface area contributed by atoms with E-state index in [9.17, 15) is 15.0 Å². The summed E-state index contributed by atoms with van der Waals surface area (Å²) < 4.78 is 0. The van der Waals surface area contributed by atoms with Crippen LogP contribution in [0.4, 0.5) is 0 Å². The molecule has 0 heterocycles. The van der Waals surface area contributed by atoms with Crippen LogP contribution >= 0.6 is 0 Å². The third-order valence-corrected chi connectivity index (χ3v) is 11.8. The van der Waals surface area contributed by atoms with Crippen molar-refractivity contribution < 1.29 is 15.0 Å². The summed E-state index contributed by atoms with van der Waals surface area (Å²) in [6.45, 7) is 4.39. The molecule has 0 aromatic rings. The maximum absolute atomic E-state index is 12.4. The highest BCUT2D eigenvalue weighted by Gasteiger charge is 2.20. The highest BCUT2D eigenvalue weighted by molar-refractivity contribution is 5.76. The molecule has 0 aliphatic rings. The van der Waals surface area contributed by atoms with Gasteiger partial charge in [0.2, 0.25) is 5.91 Å². The fraction of sp³-hybridized carbons (Fsp3) is 0.940. The molecule has 0 radical (unpaired) electrons. The Morgan fingerprint density at radius 3 is 1.02 bits per heavy atom. The molecular formula is C50H99NO3. The topological polar surface area (TPSA) is 69.6 Å². The summed E-state index contributed by atoms with van der Waals surface area (Å²) in [6.07, 6.45) is 58.8. The van der Waals surface area contributed by atoms with Crippen molar-refractivity contribution in [1.29, 1.82) is 0 Å². The molecule has 0 rings (SSSR count). The van der Waals surface area contributed by atoms with E-state index in [1.165, 1.54) is 231 Å². The second-order valence-corrected chi connectivity index (χ2v) is 17.2. The van der Waals surface area contributed by atoms with Gasteiger partial charge in [-0.25, -0.2) is 0 Å². The predicted octanol–water partition coefficient (Wildman–Crippen LogP) is 15.8. The Bertz CT molecular complexity index is 739. The van der Waals surface area contributed by atoms with E-state index >= 15 is 0 Å². The van der Waals surface area contributed by atoms with E-state index in [-0.39, 0.29) is 12.5 Å². The number of unbranched alkanes of at least 4 members (excludes halogenated alkanes) is 37. The van der Waals surface area contributed by atoms with Gasteiger partial charge < -0.3 is 15.5 Å². The van der Waals surface area contributed by atoms with Crippen molar-refractivity contribution in [3.05, 3.63) is 12.2 Å². The second-order valence-electron chi connectivity index (χ2n) is 17.2. The Hall–Kier alpha value is -0.870. The average molecular weight is 762 g/mol. The van der Waals surface area contributed by atoms with Crippen LogP contribution in [0, 0.1) is 0 Å². The first kappa shape index (κ1) is 53.1. The number of carbonyl (C=O) groups is 1. The number of aliphatic hydroxyl groups excluding tert-OH is 2. The number of aliphatic hydroxyl groups is 2. The first-order chi connectivity index (χ1) is 26.7. The van der Waals surface area contributed by atoms with Crippen molar-refractivity contribution in [2.45, 2.75) is 296 Å². The van der Waals surface area contributed by atoms with Crippen molar-refractivity contribution in [3.8, 4) is 0 Å². The number of hydrogen-bond donors (Lipinski definition) is 3. The number of rotatable bonds is 46. The van der Waals surface area contributed by atoms with Gasteiger partial charge in [-0.15, -0.1) is 0 Å². The van der Waals surface area contributed by atoms with Crippen molar-refractivity contribution >= 4 is 5.91 Å². The Morgan fingerprint density at radius 1 is 0.426 bits per heavy atom. The lowest BCUT2D eigenvalue weighted by Crippen LogP contribution is -2.45. The van der Waals surface area contributed by atoms with Gasteiger partial charge in [-0.05, 0) is 38.5 Å². The smallest absolute Gasteiger partial charge is 0.220 e. The largest absolute Gasteiger partial charge is 0.394 e. The molecule has 0 saturated heterocycles. The van der Waals surface area contributed by atoms with Gasteiger partial charge in [0, 0.05) is 6.42 Å². The zero-order valence-corrected chi connectivity index (χ0v) is 37.0. The van der Waals surface area contributed by atoms with Crippen LogP contribution < -0.4 is 5.32 Å². The third kappa shape index (κ3) is 42.3. The molecule has 0 aliphatic carbocycles. The highest BCUT2D eigenvalue weighted by Crippen LogP contribution is 2.17. The van der Waals surface area contributed by atoms with Gasteiger partial charge in [-0.1, -0.05) is 251 Å². The van der Waals surface area contributed by atoms with Crippen molar-refractivity contribution in [1.82, 2.24) is 5.32 Å². The van der Waals surface area contributed by atoms with E-state index < -0.39 is 12.1 Å². The van der Waals surface area contributed by atoms with Crippen LogP contribution in [0.5, 0.6) is 0 Å². The number of nitrogens with one attached hydrogen (secondary N) is 1. The van der Waals surface area contributed by atoms with Crippen molar-refractivity contribution in [2.75, 3.05) is 6.61 Å². The molecule has 0 saturated carbocycles. The van der Waals surface area contributed by atoms with Crippen molar-refractivity contribution in [2.24, 2.45) is 0 Å². The minimum Gasteiger partial charge on any atom is -0.394 e. The molecule has 0 fully saturated rings. The van der Waals surface area contributed by atoms with E-state index in [0.29, 0.717) is 12.8 Å². The van der Waals surface area contributed by atoms with Gasteiger partial charge in [-0.3, -0.25) is 4.79 Å². The van der Waals surface area contributed by atoms with Crippen LogP contribution in [0.25, 0.3) is 0 Å². The van der Waals surface area contributed by atoms with Crippen LogP contribution in [-0.2, 0) is 4.79 Å². The molecule has 2 atom stereocenters. The quantitative estimate of drug-likeness (QED) is 0.0427. The lowest BCUT2D eigenvalue weighted by atomic mass is 10.0. The zero-order valence-electron chi connectivity index (χ0n) is 37.0. The Kier molecular flexibility index (Phi) is 45.8. The maximum Gasteiger partial charge on any atom is 0.220 e. The summed E-state index contributed by atoms with van der Waals surface area (Å²) in [5.41, 5.74) is 0. The molecule has 0 aliphatic heterocycles. The molecule has 54 heavy (non-hydrogen) atoms. The van der Waals surface area contributed by atoms with E-state index in [1.807, 2.05) is 0 Å². The Labute approximate surface area is 339 Å². The van der Waals surface area contributed by atoms with E-state index in [2.05, 4.69) is 31.3 Å². The van der Waals surface area contributed by atoms with Gasteiger partial charge in [0.05, 0.1) is 18.8 Å². The SMILES string of the molecule is CCCCCCCCCCCCCC/C=C\CCCCCCCCCCCCC(=O)NC(CO)C(O)CCCCCCCCCCCCCCCCCC. The first-order valence-electron chi connectivity index (χ1n) is 24.9.